The number of hydrogen-bond donors (Lipinski definition) is 0. The Kier molecular flexibility index (Phi) is 4.94. The number of nitro groups is 2. The summed E-state index contributed by atoms with van der Waals surface area (Å²) in [5, 5.41) is 22.2. The Morgan fingerprint density at radius 1 is 1.30 bits per heavy atom. The van der Waals surface area contributed by atoms with Crippen molar-refractivity contribution in [2.75, 3.05) is 17.2 Å². The normalized spacial score (nSPS) is 17.3. The first kappa shape index (κ1) is 16.9. The molecule has 9 nitrogen and oxygen atoms in total. The minimum Gasteiger partial charge on any atom is -0.300 e. The lowest BCUT2D eigenvalue weighted by Gasteiger charge is -2.16. The molecule has 10 heteroatoms. The van der Waals surface area contributed by atoms with E-state index in [2.05, 4.69) is 0 Å². The van der Waals surface area contributed by atoms with Crippen LogP contribution in [0.5, 0.6) is 0 Å². The van der Waals surface area contributed by atoms with E-state index in [0.717, 1.165) is 28.8 Å². The van der Waals surface area contributed by atoms with Crippen molar-refractivity contribution in [2.45, 2.75) is 13.3 Å². The van der Waals surface area contributed by atoms with Crippen LogP contribution in [0.15, 0.2) is 18.2 Å². The van der Waals surface area contributed by atoms with E-state index in [1.807, 2.05) is 0 Å². The maximum Gasteiger partial charge on any atom is 0.300 e. The molecule has 1 amide bonds. The predicted octanol–water partition coefficient (Wildman–Crippen LogP) is 2.14. The lowest BCUT2D eigenvalue weighted by atomic mass is 10.1. The molecule has 0 aliphatic carbocycles. The molecule has 1 fully saturated rings. The predicted molar refractivity (Wildman–Crippen MR) is 83.3 cm³/mol. The summed E-state index contributed by atoms with van der Waals surface area (Å²) in [4.78, 5) is 45.1. The monoisotopic (exact) mass is 339 g/mol. The summed E-state index contributed by atoms with van der Waals surface area (Å²) in [7, 11) is 0. The highest BCUT2D eigenvalue weighted by molar-refractivity contribution is 8.13. The average molecular weight is 339 g/mol. The van der Waals surface area contributed by atoms with Crippen LogP contribution in [0, 0.1) is 26.1 Å². The molecule has 0 bridgehead atoms. The zero-order valence-electron chi connectivity index (χ0n) is 12.1. The Morgan fingerprint density at radius 2 is 1.87 bits per heavy atom. The van der Waals surface area contributed by atoms with Crippen LogP contribution in [0.2, 0.25) is 0 Å². The summed E-state index contributed by atoms with van der Waals surface area (Å²) in [6.45, 7) is 1.52. The molecule has 0 spiro atoms. The summed E-state index contributed by atoms with van der Waals surface area (Å²) in [5.74, 6) is -0.209. The fourth-order valence-corrected chi connectivity index (χ4v) is 3.13. The summed E-state index contributed by atoms with van der Waals surface area (Å²) in [6.07, 6.45) is 0.101. The van der Waals surface area contributed by atoms with Gasteiger partial charge < -0.3 is 4.90 Å². The number of para-hydroxylation sites is 1. The fourth-order valence-electron chi connectivity index (χ4n) is 2.44. The van der Waals surface area contributed by atoms with Gasteiger partial charge in [-0.05, 0) is 12.0 Å². The maximum absolute atomic E-state index is 12.2. The van der Waals surface area contributed by atoms with Gasteiger partial charge in [0.25, 0.3) is 11.4 Å². The zero-order valence-corrected chi connectivity index (χ0v) is 12.9. The lowest BCUT2D eigenvalue weighted by molar-refractivity contribution is -0.392. The molecule has 0 aromatic heterocycles. The minimum absolute atomic E-state index is 0.0902. The molecule has 0 saturated carbocycles. The third kappa shape index (κ3) is 3.65. The fraction of sp³-hybridized carbons (Fsp3) is 0.385. The van der Waals surface area contributed by atoms with Gasteiger partial charge in [0, 0.05) is 37.8 Å². The Balaban J connectivity index is 2.37. The number of carbonyl (C=O) groups is 2. The largest absolute Gasteiger partial charge is 0.300 e. The van der Waals surface area contributed by atoms with Gasteiger partial charge in [-0.2, -0.15) is 0 Å². The summed E-state index contributed by atoms with van der Waals surface area (Å²) < 4.78 is 0. The second-order valence-corrected chi connectivity index (χ2v) is 6.23. The molecule has 0 radical (unpaired) electrons. The SMILES string of the molecule is CC(=O)SCC1CC(=O)N(c2c([N+](=O)[O-])cccc2[N+](=O)[O-])C1. The average Bonchev–Trinajstić information content (AvgIpc) is 2.85. The van der Waals surface area contributed by atoms with Gasteiger partial charge in [0.15, 0.2) is 5.12 Å². The van der Waals surface area contributed by atoms with Crippen molar-refractivity contribution in [1.82, 2.24) is 0 Å². The first-order valence-corrected chi connectivity index (χ1v) is 7.65. The van der Waals surface area contributed by atoms with Crippen molar-refractivity contribution in [1.29, 1.82) is 0 Å². The Hall–Kier alpha value is -2.49. The van der Waals surface area contributed by atoms with Gasteiger partial charge >= 0.3 is 0 Å². The molecule has 1 heterocycles. The van der Waals surface area contributed by atoms with Gasteiger partial charge in [0.2, 0.25) is 11.6 Å². The highest BCUT2D eigenvalue weighted by Gasteiger charge is 2.38. The van der Waals surface area contributed by atoms with Crippen LogP contribution < -0.4 is 4.90 Å². The number of rotatable bonds is 5. The van der Waals surface area contributed by atoms with Crippen LogP contribution in [-0.4, -0.2) is 33.2 Å². The molecule has 1 aromatic rings. The molecular weight excluding hydrogens is 326 g/mol. The van der Waals surface area contributed by atoms with Crippen molar-refractivity contribution in [2.24, 2.45) is 5.92 Å². The summed E-state index contributed by atoms with van der Waals surface area (Å²) in [6, 6.07) is 3.48. The quantitative estimate of drug-likeness (QED) is 0.594. The van der Waals surface area contributed by atoms with Crippen LogP contribution in [0.4, 0.5) is 17.1 Å². The van der Waals surface area contributed by atoms with Crippen LogP contribution in [-0.2, 0) is 9.59 Å². The Morgan fingerprint density at radius 3 is 2.35 bits per heavy atom. The van der Waals surface area contributed by atoms with E-state index in [-0.39, 0.29) is 29.7 Å². The van der Waals surface area contributed by atoms with E-state index in [4.69, 9.17) is 0 Å². The smallest absolute Gasteiger partial charge is 0.300 e. The van der Waals surface area contributed by atoms with Gasteiger partial charge in [0.1, 0.15) is 0 Å². The highest BCUT2D eigenvalue weighted by atomic mass is 32.2. The molecule has 1 atom stereocenters. The van der Waals surface area contributed by atoms with E-state index < -0.39 is 27.1 Å². The number of anilines is 1. The van der Waals surface area contributed by atoms with Crippen LogP contribution in [0.25, 0.3) is 0 Å². The first-order valence-electron chi connectivity index (χ1n) is 6.66. The van der Waals surface area contributed by atoms with Gasteiger partial charge in [0.05, 0.1) is 9.85 Å². The van der Waals surface area contributed by atoms with E-state index in [9.17, 15) is 29.8 Å². The molecule has 1 saturated heterocycles. The number of nitrogens with zero attached hydrogens (tertiary/aromatic N) is 3. The number of carbonyl (C=O) groups excluding carboxylic acids is 2. The van der Waals surface area contributed by atoms with Crippen molar-refractivity contribution in [3.8, 4) is 0 Å². The second-order valence-electron chi connectivity index (χ2n) is 5.04. The highest BCUT2D eigenvalue weighted by Crippen LogP contribution is 2.40. The number of nitro benzene ring substituents is 2. The molecule has 0 N–H and O–H groups in total. The number of thioether (sulfide) groups is 1. The Bertz CT molecular complexity index is 660. The first-order chi connectivity index (χ1) is 10.8. The molecule has 1 unspecified atom stereocenters. The molecule has 1 aliphatic heterocycles. The third-order valence-electron chi connectivity index (χ3n) is 3.38. The molecular formula is C13H13N3O6S. The van der Waals surface area contributed by atoms with Crippen molar-refractivity contribution in [3.05, 3.63) is 38.4 Å². The van der Waals surface area contributed by atoms with E-state index in [0.29, 0.717) is 5.75 Å². The molecule has 2 rings (SSSR count). The van der Waals surface area contributed by atoms with Crippen molar-refractivity contribution < 1.29 is 19.4 Å². The summed E-state index contributed by atoms with van der Waals surface area (Å²) >= 11 is 1.06. The standard InChI is InChI=1S/C13H13N3O6S/c1-8(17)23-7-9-5-12(18)14(6-9)13-10(15(19)20)3-2-4-11(13)16(21)22/h2-4,9H,5-7H2,1H3. The summed E-state index contributed by atoms with van der Waals surface area (Å²) in [5.41, 5.74) is -1.25. The van der Waals surface area contributed by atoms with Gasteiger partial charge in [-0.3, -0.25) is 29.8 Å². The molecule has 23 heavy (non-hydrogen) atoms. The van der Waals surface area contributed by atoms with Gasteiger partial charge in [-0.15, -0.1) is 0 Å². The van der Waals surface area contributed by atoms with Gasteiger partial charge in [-0.1, -0.05) is 11.8 Å². The van der Waals surface area contributed by atoms with Crippen LogP contribution in [0.3, 0.4) is 0 Å². The zero-order chi connectivity index (χ0) is 17.1. The molecule has 1 aliphatic rings. The van der Waals surface area contributed by atoms with Crippen LogP contribution in [0.1, 0.15) is 13.3 Å². The minimum atomic E-state index is -0.743. The lowest BCUT2D eigenvalue weighted by Crippen LogP contribution is -2.26. The van der Waals surface area contributed by atoms with Crippen molar-refractivity contribution in [3.63, 3.8) is 0 Å². The van der Waals surface area contributed by atoms with Crippen LogP contribution >= 0.6 is 11.8 Å². The third-order valence-corrected chi connectivity index (χ3v) is 4.43. The van der Waals surface area contributed by atoms with E-state index >= 15 is 0 Å². The van der Waals surface area contributed by atoms with E-state index in [1.54, 1.807) is 0 Å². The van der Waals surface area contributed by atoms with Gasteiger partial charge in [-0.25, -0.2) is 0 Å². The van der Waals surface area contributed by atoms with Crippen molar-refractivity contribution >= 4 is 39.8 Å². The Labute approximate surface area is 134 Å². The number of hydrogen-bond acceptors (Lipinski definition) is 7. The maximum atomic E-state index is 12.2. The number of benzene rings is 1. The topological polar surface area (TPSA) is 124 Å². The van der Waals surface area contributed by atoms with E-state index in [1.165, 1.54) is 13.0 Å². The molecule has 1 aromatic carbocycles. The second kappa shape index (κ2) is 6.73. The molecule has 122 valence electrons. The number of amides is 1.